The number of aliphatic hydroxyl groups is 2. The first kappa shape index (κ1) is 9.78. The molecule has 1 rings (SSSR count). The first-order chi connectivity index (χ1) is 6.20. The maximum atomic E-state index is 9.30. The summed E-state index contributed by atoms with van der Waals surface area (Å²) in [5.74, 6) is 2.88. The Morgan fingerprint density at radius 2 is 2.46 bits per heavy atom. The average Bonchev–Trinajstić information content (AvgIpc) is 2.55. The van der Waals surface area contributed by atoms with Gasteiger partial charge in [-0.15, -0.1) is 6.42 Å². The third-order valence-electron chi connectivity index (χ3n) is 1.77. The largest absolute Gasteiger partial charge is 0.393 e. The minimum Gasteiger partial charge on any atom is -0.393 e. The molecule has 1 aromatic rings. The molecular weight excluding hydrogens is 168 g/mol. The van der Waals surface area contributed by atoms with Gasteiger partial charge in [0, 0.05) is 12.4 Å². The molecule has 2 N–H and O–H groups in total. The minimum atomic E-state index is -0.683. The van der Waals surface area contributed by atoms with Crippen molar-refractivity contribution >= 4 is 0 Å². The Balaban J connectivity index is 3.00. The van der Waals surface area contributed by atoms with E-state index >= 15 is 0 Å². The van der Waals surface area contributed by atoms with Crippen LogP contribution in [0.15, 0.2) is 12.4 Å². The molecule has 2 atom stereocenters. The van der Waals surface area contributed by atoms with Crippen LogP contribution in [0.2, 0.25) is 0 Å². The monoisotopic (exact) mass is 180 g/mol. The maximum absolute atomic E-state index is 9.30. The fourth-order valence-corrected chi connectivity index (χ4v) is 1.13. The van der Waals surface area contributed by atoms with Gasteiger partial charge in [-0.1, -0.05) is 5.92 Å². The summed E-state index contributed by atoms with van der Waals surface area (Å²) in [6.45, 7) is 1.44. The normalized spacial score (nSPS) is 14.9. The molecule has 0 fully saturated rings. The molecule has 70 valence electrons. The van der Waals surface area contributed by atoms with Gasteiger partial charge < -0.3 is 14.8 Å². The summed E-state index contributed by atoms with van der Waals surface area (Å²) >= 11 is 0. The Bertz CT molecular complexity index is 312. The van der Waals surface area contributed by atoms with Crippen molar-refractivity contribution in [2.45, 2.75) is 19.1 Å². The zero-order valence-electron chi connectivity index (χ0n) is 7.38. The van der Waals surface area contributed by atoms with Gasteiger partial charge >= 0.3 is 0 Å². The molecule has 0 spiro atoms. The predicted octanol–water partition coefficient (Wildman–Crippen LogP) is 0.103. The molecule has 1 aromatic heterocycles. The Hall–Kier alpha value is -1.31. The summed E-state index contributed by atoms with van der Waals surface area (Å²) in [6, 6.07) is -0.452. The molecule has 0 aromatic carbocycles. The lowest BCUT2D eigenvalue weighted by Gasteiger charge is -2.13. The van der Waals surface area contributed by atoms with E-state index in [0.717, 1.165) is 0 Å². The summed E-state index contributed by atoms with van der Waals surface area (Å²) in [5.41, 5.74) is 0. The van der Waals surface area contributed by atoms with Crippen molar-refractivity contribution in [1.29, 1.82) is 0 Å². The van der Waals surface area contributed by atoms with E-state index in [1.54, 1.807) is 23.9 Å². The van der Waals surface area contributed by atoms with Crippen molar-refractivity contribution in [3.05, 3.63) is 18.2 Å². The Kier molecular flexibility index (Phi) is 3.07. The fourth-order valence-electron chi connectivity index (χ4n) is 1.13. The van der Waals surface area contributed by atoms with Crippen molar-refractivity contribution in [3.8, 4) is 12.3 Å². The van der Waals surface area contributed by atoms with Crippen LogP contribution in [0.4, 0.5) is 0 Å². The highest BCUT2D eigenvalue weighted by atomic mass is 16.3. The Labute approximate surface area is 76.8 Å². The number of terminal acetylenes is 1. The van der Waals surface area contributed by atoms with Crippen molar-refractivity contribution in [1.82, 2.24) is 9.55 Å². The van der Waals surface area contributed by atoms with Crippen LogP contribution in [0.25, 0.3) is 0 Å². The van der Waals surface area contributed by atoms with E-state index in [1.165, 1.54) is 0 Å². The fraction of sp³-hybridized carbons (Fsp3) is 0.444. The zero-order valence-corrected chi connectivity index (χ0v) is 7.38. The van der Waals surface area contributed by atoms with Crippen molar-refractivity contribution in [2.24, 2.45) is 0 Å². The van der Waals surface area contributed by atoms with Gasteiger partial charge in [-0.2, -0.15) is 0 Å². The second-order valence-electron chi connectivity index (χ2n) is 2.73. The molecule has 1 unspecified atom stereocenters. The van der Waals surface area contributed by atoms with Crippen LogP contribution in [0.5, 0.6) is 0 Å². The molecule has 0 bridgehead atoms. The first-order valence-electron chi connectivity index (χ1n) is 3.98. The van der Waals surface area contributed by atoms with Gasteiger partial charge in [0.25, 0.3) is 0 Å². The smallest absolute Gasteiger partial charge is 0.138 e. The molecule has 0 aliphatic carbocycles. The summed E-state index contributed by atoms with van der Waals surface area (Å²) in [7, 11) is 0. The molecule has 13 heavy (non-hydrogen) atoms. The maximum Gasteiger partial charge on any atom is 0.138 e. The molecule has 0 aliphatic rings. The van der Waals surface area contributed by atoms with E-state index in [-0.39, 0.29) is 6.61 Å². The standard InChI is InChI=1S/C9H12N2O2/c1-3-8(6-12)11-5-4-10-9(11)7(2)13/h1,4-5,7-8,12-13H,6H2,2H3/t7-,8?/m0/s1. The van der Waals surface area contributed by atoms with Crippen LogP contribution in [0.1, 0.15) is 24.9 Å². The molecule has 0 amide bonds. The third kappa shape index (κ3) is 1.89. The van der Waals surface area contributed by atoms with Crippen LogP contribution in [-0.2, 0) is 0 Å². The van der Waals surface area contributed by atoms with Gasteiger partial charge in [0.05, 0.1) is 6.61 Å². The number of hydrogen-bond acceptors (Lipinski definition) is 3. The molecule has 0 saturated carbocycles. The van der Waals surface area contributed by atoms with E-state index in [9.17, 15) is 5.11 Å². The molecule has 1 heterocycles. The summed E-state index contributed by atoms with van der Waals surface area (Å²) in [6.07, 6.45) is 7.71. The van der Waals surface area contributed by atoms with Gasteiger partial charge in [0.2, 0.25) is 0 Å². The van der Waals surface area contributed by atoms with Crippen LogP contribution in [0, 0.1) is 12.3 Å². The second-order valence-corrected chi connectivity index (χ2v) is 2.73. The van der Waals surface area contributed by atoms with Crippen molar-refractivity contribution in [2.75, 3.05) is 6.61 Å². The van der Waals surface area contributed by atoms with E-state index < -0.39 is 12.1 Å². The number of imidazole rings is 1. The predicted molar refractivity (Wildman–Crippen MR) is 47.8 cm³/mol. The molecule has 0 aliphatic heterocycles. The third-order valence-corrected chi connectivity index (χ3v) is 1.77. The van der Waals surface area contributed by atoms with Crippen LogP contribution in [-0.4, -0.2) is 26.4 Å². The van der Waals surface area contributed by atoms with E-state index in [4.69, 9.17) is 11.5 Å². The highest BCUT2D eigenvalue weighted by Crippen LogP contribution is 2.14. The zero-order chi connectivity index (χ0) is 9.84. The lowest BCUT2D eigenvalue weighted by atomic mass is 10.3. The number of aromatic nitrogens is 2. The van der Waals surface area contributed by atoms with E-state index in [1.807, 2.05) is 0 Å². The highest BCUT2D eigenvalue weighted by molar-refractivity contribution is 5.06. The second kappa shape index (κ2) is 4.08. The topological polar surface area (TPSA) is 58.3 Å². The number of nitrogens with zero attached hydrogens (tertiary/aromatic N) is 2. The Morgan fingerprint density at radius 3 is 2.92 bits per heavy atom. The quantitative estimate of drug-likeness (QED) is 0.649. The summed E-state index contributed by atoms with van der Waals surface area (Å²) in [4.78, 5) is 3.94. The summed E-state index contributed by atoms with van der Waals surface area (Å²) < 4.78 is 1.59. The van der Waals surface area contributed by atoms with Crippen molar-refractivity contribution < 1.29 is 10.2 Å². The summed E-state index contributed by atoms with van der Waals surface area (Å²) in [5, 5.41) is 18.2. The van der Waals surface area contributed by atoms with Gasteiger partial charge in [-0.25, -0.2) is 4.98 Å². The number of rotatable bonds is 3. The van der Waals surface area contributed by atoms with Crippen LogP contribution < -0.4 is 0 Å². The molecule has 0 saturated heterocycles. The lowest BCUT2D eigenvalue weighted by Crippen LogP contribution is -2.15. The van der Waals surface area contributed by atoms with Gasteiger partial charge in [-0.3, -0.25) is 0 Å². The molecule has 0 radical (unpaired) electrons. The lowest BCUT2D eigenvalue weighted by molar-refractivity contribution is 0.176. The minimum absolute atomic E-state index is 0.160. The highest BCUT2D eigenvalue weighted by Gasteiger charge is 2.14. The van der Waals surface area contributed by atoms with Crippen LogP contribution in [0.3, 0.4) is 0 Å². The molecule has 4 heteroatoms. The van der Waals surface area contributed by atoms with Gasteiger partial charge in [-0.05, 0) is 6.92 Å². The number of hydrogen-bond donors (Lipinski definition) is 2. The van der Waals surface area contributed by atoms with Gasteiger partial charge in [0.1, 0.15) is 18.0 Å². The van der Waals surface area contributed by atoms with E-state index in [2.05, 4.69) is 10.9 Å². The number of aliphatic hydroxyl groups excluding tert-OH is 2. The Morgan fingerprint density at radius 1 is 1.77 bits per heavy atom. The molecular formula is C9H12N2O2. The molecule has 4 nitrogen and oxygen atoms in total. The van der Waals surface area contributed by atoms with Gasteiger partial charge in [0.15, 0.2) is 0 Å². The van der Waals surface area contributed by atoms with Crippen LogP contribution >= 0.6 is 0 Å². The SMILES string of the molecule is C#CC(CO)n1ccnc1[C@H](C)O. The van der Waals surface area contributed by atoms with Crippen molar-refractivity contribution in [3.63, 3.8) is 0 Å². The average molecular weight is 180 g/mol. The first-order valence-corrected chi connectivity index (χ1v) is 3.98. The van der Waals surface area contributed by atoms with E-state index in [0.29, 0.717) is 5.82 Å².